The fourth-order valence-corrected chi connectivity index (χ4v) is 0.644. The average Bonchev–Trinajstić information content (AvgIpc) is 1.94. The normalized spacial score (nSPS) is 9.45. The van der Waals surface area contributed by atoms with E-state index < -0.39 is 0 Å². The van der Waals surface area contributed by atoms with Crippen molar-refractivity contribution >= 4 is 6.21 Å². The molecule has 0 saturated heterocycles. The summed E-state index contributed by atoms with van der Waals surface area (Å²) in [5, 5.41) is 23.0. The molecule has 58 valence electrons. The summed E-state index contributed by atoms with van der Waals surface area (Å²) >= 11 is 0. The maximum atomic E-state index is 10.8. The minimum atomic E-state index is -0.179. The van der Waals surface area contributed by atoms with Crippen LogP contribution >= 0.6 is 0 Å². The van der Waals surface area contributed by atoms with Gasteiger partial charge in [-0.25, -0.2) is 0 Å². The Kier molecular flexibility index (Phi) is 4.47. The molecule has 0 aliphatic carbocycles. The van der Waals surface area contributed by atoms with E-state index in [0.717, 1.165) is 6.21 Å². The molecule has 11 heavy (non-hydrogen) atoms. The van der Waals surface area contributed by atoms with E-state index in [1.165, 1.54) is 6.07 Å². The second-order valence-electron chi connectivity index (χ2n) is 1.77. The Hall–Kier alpha value is -0.887. The monoisotopic (exact) mass is 237 g/mol. The largest absolute Gasteiger partial charge is 2.00 e. The van der Waals surface area contributed by atoms with Crippen molar-refractivity contribution in [3.63, 3.8) is 0 Å². The smallest absolute Gasteiger partial charge is 0.872 e. The van der Waals surface area contributed by atoms with Crippen molar-refractivity contribution in [1.82, 2.24) is 0 Å². The molecule has 0 unspecified atom stereocenters. The van der Waals surface area contributed by atoms with Gasteiger partial charge in [0.05, 0.1) is 0 Å². The van der Waals surface area contributed by atoms with E-state index in [-0.39, 0.29) is 25.2 Å². The number of hydrogen-bond acceptors (Lipinski definition) is 3. The molecular weight excluding hydrogens is 231 g/mol. The topological polar surface area (TPSA) is 58.5 Å². The second kappa shape index (κ2) is 4.86. The van der Waals surface area contributed by atoms with E-state index in [9.17, 15) is 10.3 Å². The SMILES string of the molecule is [O-]/N=C/c1ccccc1[O-].[Ru+2]. The molecule has 0 fully saturated rings. The Labute approximate surface area is 77.1 Å². The second-order valence-corrected chi connectivity index (χ2v) is 1.77. The third kappa shape index (κ3) is 2.68. The van der Waals surface area contributed by atoms with Crippen molar-refractivity contribution in [3.05, 3.63) is 35.0 Å². The molecular formula is C7H5NO2Ru. The Morgan fingerprint density at radius 3 is 2.45 bits per heavy atom. The average molecular weight is 236 g/mol. The summed E-state index contributed by atoms with van der Waals surface area (Å²) in [5.74, 6) is -0.179. The van der Waals surface area contributed by atoms with Crippen LogP contribution in [0.5, 0.6) is 5.75 Å². The Morgan fingerprint density at radius 2 is 1.91 bits per heavy atom. The molecule has 1 aromatic rings. The molecule has 1 rings (SSSR count). The van der Waals surface area contributed by atoms with Gasteiger partial charge in [0, 0.05) is 6.21 Å². The zero-order valence-corrected chi connectivity index (χ0v) is 7.24. The van der Waals surface area contributed by atoms with Gasteiger partial charge in [0.2, 0.25) is 0 Å². The maximum Gasteiger partial charge on any atom is 2.00 e. The minimum Gasteiger partial charge on any atom is -0.872 e. The molecule has 0 aromatic heterocycles. The van der Waals surface area contributed by atoms with Crippen LogP contribution in [0.15, 0.2) is 29.4 Å². The number of para-hydroxylation sites is 1. The molecule has 0 aliphatic heterocycles. The Morgan fingerprint density at radius 1 is 1.27 bits per heavy atom. The summed E-state index contributed by atoms with van der Waals surface area (Å²) in [6.45, 7) is 0. The first-order chi connectivity index (χ1) is 4.84. The van der Waals surface area contributed by atoms with Gasteiger partial charge in [-0.2, -0.15) is 0 Å². The van der Waals surface area contributed by atoms with Crippen LogP contribution in [-0.4, -0.2) is 6.21 Å². The van der Waals surface area contributed by atoms with Crippen LogP contribution in [0.3, 0.4) is 0 Å². The molecule has 0 atom stereocenters. The molecule has 0 N–H and O–H groups in total. The summed E-state index contributed by atoms with van der Waals surface area (Å²) < 4.78 is 0. The van der Waals surface area contributed by atoms with Gasteiger partial charge >= 0.3 is 19.5 Å². The van der Waals surface area contributed by atoms with Crippen molar-refractivity contribution in [2.45, 2.75) is 0 Å². The third-order valence-electron chi connectivity index (χ3n) is 1.11. The molecule has 0 saturated carbocycles. The van der Waals surface area contributed by atoms with Crippen molar-refractivity contribution in [1.29, 1.82) is 0 Å². The van der Waals surface area contributed by atoms with Crippen LogP contribution in [0.2, 0.25) is 0 Å². The summed E-state index contributed by atoms with van der Waals surface area (Å²) in [5.41, 5.74) is 0.331. The van der Waals surface area contributed by atoms with Gasteiger partial charge in [-0.1, -0.05) is 24.3 Å². The summed E-state index contributed by atoms with van der Waals surface area (Å²) in [6.07, 6.45) is 1.00. The van der Waals surface area contributed by atoms with E-state index in [1.807, 2.05) is 0 Å². The maximum absolute atomic E-state index is 10.8. The van der Waals surface area contributed by atoms with Crippen LogP contribution < -0.4 is 5.11 Å². The predicted octanol–water partition coefficient (Wildman–Crippen LogP) is 0.674. The van der Waals surface area contributed by atoms with E-state index in [4.69, 9.17) is 0 Å². The Bertz CT molecular complexity index is 250. The molecule has 4 heteroatoms. The number of hydrogen-bond donors (Lipinski definition) is 0. The van der Waals surface area contributed by atoms with Crippen LogP contribution in [0, 0.1) is 5.21 Å². The van der Waals surface area contributed by atoms with Gasteiger partial charge in [-0.05, 0) is 5.56 Å². The fourth-order valence-electron chi connectivity index (χ4n) is 0.644. The van der Waals surface area contributed by atoms with Gasteiger partial charge in [0.1, 0.15) is 0 Å². The number of nitrogens with zero attached hydrogens (tertiary/aromatic N) is 1. The first-order valence-electron chi connectivity index (χ1n) is 2.76. The molecule has 1 aromatic carbocycles. The van der Waals surface area contributed by atoms with Crippen molar-refractivity contribution in [2.75, 3.05) is 0 Å². The number of rotatable bonds is 1. The van der Waals surface area contributed by atoms with Crippen molar-refractivity contribution in [2.24, 2.45) is 5.16 Å². The van der Waals surface area contributed by atoms with Crippen LogP contribution in [0.4, 0.5) is 0 Å². The summed E-state index contributed by atoms with van der Waals surface area (Å²) in [7, 11) is 0. The Balaban J connectivity index is 0.000001000. The van der Waals surface area contributed by atoms with Crippen LogP contribution in [-0.2, 0) is 19.5 Å². The van der Waals surface area contributed by atoms with Crippen molar-refractivity contribution in [3.8, 4) is 5.75 Å². The third-order valence-corrected chi connectivity index (χ3v) is 1.11. The molecule has 0 spiro atoms. The zero-order valence-electron chi connectivity index (χ0n) is 5.50. The molecule has 3 nitrogen and oxygen atoms in total. The summed E-state index contributed by atoms with van der Waals surface area (Å²) in [4.78, 5) is 0. The summed E-state index contributed by atoms with van der Waals surface area (Å²) in [6, 6.07) is 6.23. The standard InChI is InChI=1S/C7H7NO2.Ru/c9-7-4-2-1-3-6(7)5-8-10;/h1-5,9-10H;/q;+2/p-2/b8-5+;. The van der Waals surface area contributed by atoms with Crippen LogP contribution in [0.25, 0.3) is 0 Å². The van der Waals surface area contributed by atoms with Crippen molar-refractivity contribution < 1.29 is 24.6 Å². The van der Waals surface area contributed by atoms with Gasteiger partial charge in [0.25, 0.3) is 0 Å². The molecule has 0 amide bonds. The molecule has 0 heterocycles. The first kappa shape index (κ1) is 10.1. The van der Waals surface area contributed by atoms with Crippen LogP contribution in [0.1, 0.15) is 5.56 Å². The predicted molar refractivity (Wildman–Crippen MR) is 36.8 cm³/mol. The molecule has 0 radical (unpaired) electrons. The van der Waals surface area contributed by atoms with Gasteiger partial charge in [-0.3, -0.25) is 0 Å². The van der Waals surface area contributed by atoms with E-state index in [0.29, 0.717) is 5.56 Å². The quantitative estimate of drug-likeness (QED) is 0.409. The van der Waals surface area contributed by atoms with Gasteiger partial charge < -0.3 is 15.5 Å². The van der Waals surface area contributed by atoms with E-state index in [2.05, 4.69) is 5.16 Å². The van der Waals surface area contributed by atoms with Gasteiger partial charge in [0.15, 0.2) is 0 Å². The molecule has 0 aliphatic rings. The fraction of sp³-hybridized carbons (Fsp3) is 0. The van der Waals surface area contributed by atoms with E-state index >= 15 is 0 Å². The number of benzene rings is 1. The minimum absolute atomic E-state index is 0. The first-order valence-corrected chi connectivity index (χ1v) is 2.76. The van der Waals surface area contributed by atoms with Gasteiger partial charge in [-0.15, -0.1) is 5.75 Å². The molecule has 0 bridgehead atoms. The van der Waals surface area contributed by atoms with E-state index in [1.54, 1.807) is 18.2 Å². The zero-order chi connectivity index (χ0) is 7.40.